The zero-order chi connectivity index (χ0) is 8.20. The molecule has 56 valence electrons. The number of alkyl halides is 1. The van der Waals surface area contributed by atoms with Gasteiger partial charge in [-0.15, -0.1) is 18.0 Å². The van der Waals surface area contributed by atoms with Crippen molar-refractivity contribution >= 4 is 17.5 Å². The zero-order valence-corrected chi connectivity index (χ0v) is 6.83. The van der Waals surface area contributed by atoms with Gasteiger partial charge >= 0.3 is 0 Å². The van der Waals surface area contributed by atoms with Crippen LogP contribution in [0.2, 0.25) is 0 Å². The first-order valence-electron chi connectivity index (χ1n) is 2.86. The Balaban J connectivity index is 3.92. The summed E-state index contributed by atoms with van der Waals surface area (Å²) in [6, 6.07) is 0. The second-order valence-corrected chi connectivity index (χ2v) is 2.72. The monoisotopic (exact) mass is 159 g/mol. The highest BCUT2D eigenvalue weighted by atomic mass is 35.5. The van der Waals surface area contributed by atoms with Crippen molar-refractivity contribution in [2.45, 2.75) is 19.4 Å². The van der Waals surface area contributed by atoms with Crippen molar-refractivity contribution in [2.24, 2.45) is 0 Å². The summed E-state index contributed by atoms with van der Waals surface area (Å²) in [6.07, 6.45) is 5.10. The van der Waals surface area contributed by atoms with E-state index in [0.717, 1.165) is 0 Å². The lowest BCUT2D eigenvalue weighted by Crippen LogP contribution is -2.42. The number of carbonyl (C=O) groups is 1. The Labute approximate surface area is 65.9 Å². The van der Waals surface area contributed by atoms with Gasteiger partial charge < -0.3 is 5.32 Å². The van der Waals surface area contributed by atoms with E-state index < -0.39 is 5.54 Å². The largest absolute Gasteiger partial charge is 0.339 e. The molecule has 0 bridgehead atoms. The van der Waals surface area contributed by atoms with Crippen molar-refractivity contribution in [2.75, 3.05) is 5.88 Å². The predicted octanol–water partition coefficient (Wildman–Crippen LogP) is 0.753. The third kappa shape index (κ3) is 3.37. The van der Waals surface area contributed by atoms with Gasteiger partial charge in [0.15, 0.2) is 0 Å². The van der Waals surface area contributed by atoms with Crippen molar-refractivity contribution in [3.05, 3.63) is 0 Å². The fourth-order valence-electron chi connectivity index (χ4n) is 0.418. The van der Waals surface area contributed by atoms with E-state index in [0.29, 0.717) is 0 Å². The summed E-state index contributed by atoms with van der Waals surface area (Å²) in [5, 5.41) is 2.55. The number of amides is 1. The normalized spacial score (nSPS) is 10.2. The number of hydrogen-bond donors (Lipinski definition) is 1. The second-order valence-electron chi connectivity index (χ2n) is 2.45. The molecular formula is C7H10ClNO. The number of nitrogens with one attached hydrogen (secondary N) is 1. The number of terminal acetylenes is 1. The van der Waals surface area contributed by atoms with Crippen LogP contribution in [-0.4, -0.2) is 17.3 Å². The van der Waals surface area contributed by atoms with Crippen LogP contribution in [0.4, 0.5) is 0 Å². The molecule has 1 amide bonds. The third-order valence-electron chi connectivity index (χ3n) is 0.934. The maximum absolute atomic E-state index is 10.6. The first-order valence-corrected chi connectivity index (χ1v) is 3.40. The number of carbonyl (C=O) groups excluding carboxylic acids is 1. The molecule has 0 fully saturated rings. The van der Waals surface area contributed by atoms with Gasteiger partial charge in [-0.3, -0.25) is 4.79 Å². The van der Waals surface area contributed by atoms with Crippen LogP contribution in [0.15, 0.2) is 0 Å². The molecule has 0 saturated heterocycles. The molecule has 2 nitrogen and oxygen atoms in total. The topological polar surface area (TPSA) is 29.1 Å². The van der Waals surface area contributed by atoms with Crippen molar-refractivity contribution in [1.29, 1.82) is 0 Å². The van der Waals surface area contributed by atoms with Crippen LogP contribution in [0.25, 0.3) is 0 Å². The molecule has 10 heavy (non-hydrogen) atoms. The van der Waals surface area contributed by atoms with Gasteiger partial charge in [-0.1, -0.05) is 5.92 Å². The molecule has 3 heteroatoms. The van der Waals surface area contributed by atoms with Crippen LogP contribution in [0.5, 0.6) is 0 Å². The molecule has 0 saturated carbocycles. The average Bonchev–Trinajstić information content (AvgIpc) is 1.87. The standard InChI is InChI=1S/C7H10ClNO/c1-4-7(2,3)9-6(10)5-8/h1H,5H2,2-3H3,(H,9,10). The molecule has 0 aromatic carbocycles. The first-order chi connectivity index (χ1) is 4.52. The summed E-state index contributed by atoms with van der Waals surface area (Å²) in [6.45, 7) is 3.47. The Morgan fingerprint density at radius 2 is 2.30 bits per heavy atom. The Morgan fingerprint density at radius 3 is 2.60 bits per heavy atom. The molecule has 0 aromatic heterocycles. The molecule has 0 spiro atoms. The third-order valence-corrected chi connectivity index (χ3v) is 1.18. The highest BCUT2D eigenvalue weighted by molar-refractivity contribution is 6.27. The lowest BCUT2D eigenvalue weighted by molar-refractivity contribution is -0.119. The molecule has 0 aliphatic heterocycles. The van der Waals surface area contributed by atoms with Gasteiger partial charge in [-0.05, 0) is 13.8 Å². The van der Waals surface area contributed by atoms with E-state index in [1.807, 2.05) is 0 Å². The lowest BCUT2D eigenvalue weighted by Gasteiger charge is -2.18. The Morgan fingerprint density at radius 1 is 1.80 bits per heavy atom. The van der Waals surface area contributed by atoms with Gasteiger partial charge in [-0.25, -0.2) is 0 Å². The quantitative estimate of drug-likeness (QED) is 0.468. The highest BCUT2D eigenvalue weighted by Gasteiger charge is 2.15. The summed E-state index contributed by atoms with van der Waals surface area (Å²) in [5.41, 5.74) is -0.591. The van der Waals surface area contributed by atoms with Gasteiger partial charge in [0.1, 0.15) is 5.88 Å². The van der Waals surface area contributed by atoms with E-state index in [1.54, 1.807) is 13.8 Å². The Hall–Kier alpha value is -0.680. The van der Waals surface area contributed by atoms with Crippen molar-refractivity contribution in [3.8, 4) is 12.3 Å². The van der Waals surface area contributed by atoms with Gasteiger partial charge in [0.25, 0.3) is 0 Å². The zero-order valence-electron chi connectivity index (χ0n) is 6.07. The lowest BCUT2D eigenvalue weighted by atomic mass is 10.1. The van der Waals surface area contributed by atoms with Crippen molar-refractivity contribution in [3.63, 3.8) is 0 Å². The molecule has 0 aliphatic carbocycles. The molecule has 0 aliphatic rings. The maximum atomic E-state index is 10.6. The van der Waals surface area contributed by atoms with E-state index >= 15 is 0 Å². The summed E-state index contributed by atoms with van der Waals surface area (Å²) in [7, 11) is 0. The summed E-state index contributed by atoms with van der Waals surface area (Å²) in [5.74, 6) is 2.12. The minimum Gasteiger partial charge on any atom is -0.339 e. The van der Waals surface area contributed by atoms with E-state index in [4.69, 9.17) is 18.0 Å². The van der Waals surface area contributed by atoms with Gasteiger partial charge in [-0.2, -0.15) is 0 Å². The van der Waals surface area contributed by atoms with Gasteiger partial charge in [0.2, 0.25) is 5.91 Å². The average molecular weight is 160 g/mol. The highest BCUT2D eigenvalue weighted by Crippen LogP contribution is 1.97. The Kier molecular flexibility index (Phi) is 3.24. The second kappa shape index (κ2) is 3.48. The SMILES string of the molecule is C#CC(C)(C)NC(=O)CCl. The maximum Gasteiger partial charge on any atom is 0.236 e. The van der Waals surface area contributed by atoms with Crippen LogP contribution in [0, 0.1) is 12.3 Å². The summed E-state index contributed by atoms with van der Waals surface area (Å²) in [4.78, 5) is 10.6. The minimum atomic E-state index is -0.591. The molecular weight excluding hydrogens is 150 g/mol. The number of rotatable bonds is 2. The van der Waals surface area contributed by atoms with E-state index in [1.165, 1.54) is 0 Å². The van der Waals surface area contributed by atoms with Crippen LogP contribution >= 0.6 is 11.6 Å². The molecule has 1 N–H and O–H groups in total. The molecule has 0 aromatic rings. The van der Waals surface area contributed by atoms with Crippen molar-refractivity contribution < 1.29 is 4.79 Å². The summed E-state index contributed by atoms with van der Waals surface area (Å²) < 4.78 is 0. The number of halogens is 1. The van der Waals surface area contributed by atoms with Crippen LogP contribution < -0.4 is 5.32 Å². The van der Waals surface area contributed by atoms with Crippen LogP contribution in [-0.2, 0) is 4.79 Å². The van der Waals surface area contributed by atoms with Gasteiger partial charge in [0.05, 0.1) is 5.54 Å². The predicted molar refractivity (Wildman–Crippen MR) is 41.8 cm³/mol. The fourth-order valence-corrected chi connectivity index (χ4v) is 0.485. The number of hydrogen-bond acceptors (Lipinski definition) is 1. The molecule has 0 rings (SSSR count). The van der Waals surface area contributed by atoms with E-state index in [2.05, 4.69) is 11.2 Å². The molecule has 0 heterocycles. The fraction of sp³-hybridized carbons (Fsp3) is 0.571. The Bertz CT molecular complexity index is 169. The van der Waals surface area contributed by atoms with Crippen LogP contribution in [0.3, 0.4) is 0 Å². The van der Waals surface area contributed by atoms with Gasteiger partial charge in [0, 0.05) is 0 Å². The summed E-state index contributed by atoms with van der Waals surface area (Å²) >= 11 is 5.23. The van der Waals surface area contributed by atoms with E-state index in [9.17, 15) is 4.79 Å². The molecule has 0 atom stereocenters. The molecule has 0 radical (unpaired) electrons. The minimum absolute atomic E-state index is 0.0505. The first kappa shape index (κ1) is 9.32. The van der Waals surface area contributed by atoms with E-state index in [-0.39, 0.29) is 11.8 Å². The smallest absolute Gasteiger partial charge is 0.236 e. The molecule has 0 unspecified atom stereocenters. The van der Waals surface area contributed by atoms with Crippen LogP contribution in [0.1, 0.15) is 13.8 Å². The van der Waals surface area contributed by atoms with Crippen molar-refractivity contribution in [1.82, 2.24) is 5.32 Å².